The maximum atomic E-state index is 12.6. The molecular weight excluding hydrogens is 352 g/mol. The highest BCUT2D eigenvalue weighted by Crippen LogP contribution is 2.32. The van der Waals surface area contributed by atoms with Gasteiger partial charge in [0, 0.05) is 18.2 Å². The van der Waals surface area contributed by atoms with E-state index in [0.29, 0.717) is 35.4 Å². The molecule has 1 aliphatic rings. The molecule has 1 aliphatic heterocycles. The summed E-state index contributed by atoms with van der Waals surface area (Å²) in [5.74, 6) is 1.71. The number of benzene rings is 2. The Morgan fingerprint density at radius 1 is 1.27 bits per heavy atom. The Bertz CT molecular complexity index is 967. The van der Waals surface area contributed by atoms with Gasteiger partial charge in [-0.05, 0) is 36.2 Å². The molecule has 0 radical (unpaired) electrons. The quantitative estimate of drug-likeness (QED) is 0.739. The van der Waals surface area contributed by atoms with Crippen LogP contribution in [-0.4, -0.2) is 17.5 Å². The molecule has 0 saturated carbocycles. The second-order valence-corrected chi connectivity index (χ2v) is 6.65. The van der Waals surface area contributed by atoms with Gasteiger partial charge in [-0.2, -0.15) is 0 Å². The van der Waals surface area contributed by atoms with Crippen molar-refractivity contribution in [2.24, 2.45) is 5.92 Å². The van der Waals surface area contributed by atoms with E-state index in [9.17, 15) is 4.79 Å². The lowest BCUT2D eigenvalue weighted by molar-refractivity contribution is -0.121. The minimum Gasteiger partial charge on any atom is -0.492 e. The summed E-state index contributed by atoms with van der Waals surface area (Å²) in [7, 11) is 0. The highest BCUT2D eigenvalue weighted by Gasteiger charge is 2.26. The number of hydrogen-bond donors (Lipinski definition) is 1. The molecule has 0 aliphatic carbocycles. The van der Waals surface area contributed by atoms with Crippen LogP contribution in [0, 0.1) is 12.8 Å². The van der Waals surface area contributed by atoms with E-state index in [1.54, 1.807) is 25.3 Å². The second-order valence-electron chi connectivity index (χ2n) is 6.25. The van der Waals surface area contributed by atoms with Crippen LogP contribution in [0.25, 0.3) is 11.3 Å². The van der Waals surface area contributed by atoms with Gasteiger partial charge in [0.2, 0.25) is 5.91 Å². The van der Waals surface area contributed by atoms with Crippen molar-refractivity contribution in [3.8, 4) is 17.1 Å². The first kappa shape index (κ1) is 16.7. The number of carbonyl (C=O) groups is 1. The van der Waals surface area contributed by atoms with Crippen molar-refractivity contribution >= 4 is 23.2 Å². The van der Waals surface area contributed by atoms with Crippen LogP contribution in [0.15, 0.2) is 53.1 Å². The molecule has 2 heterocycles. The van der Waals surface area contributed by atoms with Crippen molar-refractivity contribution in [2.75, 3.05) is 11.9 Å². The molecule has 1 unspecified atom stereocenters. The first-order valence-corrected chi connectivity index (χ1v) is 8.72. The lowest BCUT2D eigenvalue weighted by atomic mass is 9.96. The van der Waals surface area contributed by atoms with Crippen molar-refractivity contribution in [3.05, 3.63) is 65.1 Å². The lowest BCUT2D eigenvalue weighted by Crippen LogP contribution is -2.32. The summed E-state index contributed by atoms with van der Waals surface area (Å²) in [6, 6.07) is 13.1. The third-order valence-corrected chi connectivity index (χ3v) is 4.69. The number of halogens is 1. The number of rotatable bonds is 3. The summed E-state index contributed by atoms with van der Waals surface area (Å²) in [6.45, 7) is 2.14. The fraction of sp³-hybridized carbons (Fsp3) is 0.200. The Balaban J connectivity index is 1.47. The van der Waals surface area contributed by atoms with Gasteiger partial charge in [0.25, 0.3) is 0 Å². The van der Waals surface area contributed by atoms with Crippen LogP contribution >= 0.6 is 11.6 Å². The third kappa shape index (κ3) is 3.30. The largest absolute Gasteiger partial charge is 0.492 e. The van der Waals surface area contributed by atoms with E-state index in [0.717, 1.165) is 16.9 Å². The van der Waals surface area contributed by atoms with Crippen LogP contribution in [0.1, 0.15) is 11.5 Å². The van der Waals surface area contributed by atoms with Gasteiger partial charge < -0.3 is 14.5 Å². The summed E-state index contributed by atoms with van der Waals surface area (Å²) in [4.78, 5) is 16.7. The number of nitrogens with zero attached hydrogens (tertiary/aromatic N) is 1. The number of aryl methyl sites for hydroxylation is 1. The van der Waals surface area contributed by atoms with Crippen molar-refractivity contribution in [1.29, 1.82) is 0 Å². The molecule has 26 heavy (non-hydrogen) atoms. The van der Waals surface area contributed by atoms with Crippen molar-refractivity contribution in [1.82, 2.24) is 4.98 Å². The smallest absolute Gasteiger partial charge is 0.231 e. The SMILES string of the molecule is Cc1ncc(-c2ccc(NC(=O)C3COc4ccccc4C3)cc2Cl)o1. The number of oxazole rings is 1. The van der Waals surface area contributed by atoms with Crippen LogP contribution in [0.5, 0.6) is 5.75 Å². The summed E-state index contributed by atoms with van der Waals surface area (Å²) >= 11 is 6.35. The minimum absolute atomic E-state index is 0.0844. The van der Waals surface area contributed by atoms with E-state index in [2.05, 4.69) is 10.3 Å². The number of para-hydroxylation sites is 1. The number of aromatic nitrogens is 1. The Labute approximate surface area is 156 Å². The van der Waals surface area contributed by atoms with E-state index in [1.165, 1.54) is 0 Å². The zero-order chi connectivity index (χ0) is 18.1. The topological polar surface area (TPSA) is 64.4 Å². The molecule has 2 aromatic carbocycles. The van der Waals surface area contributed by atoms with E-state index in [4.69, 9.17) is 20.8 Å². The van der Waals surface area contributed by atoms with Crippen molar-refractivity contribution in [3.63, 3.8) is 0 Å². The normalized spacial score (nSPS) is 15.8. The maximum absolute atomic E-state index is 12.6. The second kappa shape index (κ2) is 6.84. The molecule has 5 nitrogen and oxygen atoms in total. The molecule has 0 bridgehead atoms. The Hall–Kier alpha value is -2.79. The van der Waals surface area contributed by atoms with Crippen LogP contribution in [0.4, 0.5) is 5.69 Å². The molecule has 1 N–H and O–H groups in total. The molecule has 0 fully saturated rings. The van der Waals surface area contributed by atoms with Gasteiger partial charge in [-0.15, -0.1) is 0 Å². The van der Waals surface area contributed by atoms with Crippen molar-refractivity contribution < 1.29 is 13.9 Å². The molecule has 1 amide bonds. The fourth-order valence-electron chi connectivity index (χ4n) is 3.02. The third-order valence-electron chi connectivity index (χ3n) is 4.37. The molecule has 4 rings (SSSR count). The summed E-state index contributed by atoms with van der Waals surface area (Å²) in [5.41, 5.74) is 2.42. The molecule has 6 heteroatoms. The van der Waals surface area contributed by atoms with Crippen LogP contribution in [0.3, 0.4) is 0 Å². The highest BCUT2D eigenvalue weighted by atomic mass is 35.5. The number of amides is 1. The minimum atomic E-state index is -0.236. The van der Waals surface area contributed by atoms with Gasteiger partial charge in [0.15, 0.2) is 11.7 Å². The summed E-state index contributed by atoms with van der Waals surface area (Å²) in [6.07, 6.45) is 2.29. The van der Waals surface area contributed by atoms with Gasteiger partial charge in [0.05, 0.1) is 17.1 Å². The number of fused-ring (bicyclic) bond motifs is 1. The standard InChI is InChI=1S/C20H17ClN2O3/c1-12-22-10-19(26-12)16-7-6-15(9-17(16)21)23-20(24)14-8-13-4-2-3-5-18(13)25-11-14/h2-7,9-10,14H,8,11H2,1H3,(H,23,24). The zero-order valence-corrected chi connectivity index (χ0v) is 14.9. The predicted molar refractivity (Wildman–Crippen MR) is 99.4 cm³/mol. The number of hydrogen-bond acceptors (Lipinski definition) is 4. The monoisotopic (exact) mass is 368 g/mol. The van der Waals surface area contributed by atoms with Crippen LogP contribution in [0.2, 0.25) is 5.02 Å². The molecule has 0 saturated heterocycles. The van der Waals surface area contributed by atoms with E-state index >= 15 is 0 Å². The lowest BCUT2D eigenvalue weighted by Gasteiger charge is -2.24. The highest BCUT2D eigenvalue weighted by molar-refractivity contribution is 6.33. The van der Waals surface area contributed by atoms with Gasteiger partial charge in [-0.25, -0.2) is 4.98 Å². The first-order valence-electron chi connectivity index (χ1n) is 8.34. The van der Waals surface area contributed by atoms with Crippen LogP contribution in [-0.2, 0) is 11.2 Å². The number of ether oxygens (including phenoxy) is 1. The summed E-state index contributed by atoms with van der Waals surface area (Å²) in [5, 5.41) is 3.41. The zero-order valence-electron chi connectivity index (χ0n) is 14.2. The van der Waals surface area contributed by atoms with Gasteiger partial charge >= 0.3 is 0 Å². The molecule has 132 valence electrons. The summed E-state index contributed by atoms with van der Waals surface area (Å²) < 4.78 is 11.2. The van der Waals surface area contributed by atoms with E-state index in [-0.39, 0.29) is 11.8 Å². The fourth-order valence-corrected chi connectivity index (χ4v) is 3.29. The number of anilines is 1. The average Bonchev–Trinajstić information content (AvgIpc) is 3.07. The predicted octanol–water partition coefficient (Wildman–Crippen LogP) is 4.49. The molecule has 1 aromatic heterocycles. The van der Waals surface area contributed by atoms with Gasteiger partial charge in [0.1, 0.15) is 12.4 Å². The molecular formula is C20H17ClN2O3. The molecule has 3 aromatic rings. The van der Waals surface area contributed by atoms with E-state index in [1.807, 2.05) is 30.3 Å². The average molecular weight is 369 g/mol. The Morgan fingerprint density at radius 2 is 2.12 bits per heavy atom. The van der Waals surface area contributed by atoms with Gasteiger partial charge in [-0.1, -0.05) is 29.8 Å². The Morgan fingerprint density at radius 3 is 2.88 bits per heavy atom. The maximum Gasteiger partial charge on any atom is 0.231 e. The molecule has 1 atom stereocenters. The van der Waals surface area contributed by atoms with Gasteiger partial charge in [-0.3, -0.25) is 4.79 Å². The van der Waals surface area contributed by atoms with E-state index < -0.39 is 0 Å². The van der Waals surface area contributed by atoms with Crippen molar-refractivity contribution in [2.45, 2.75) is 13.3 Å². The molecule has 0 spiro atoms. The number of nitrogens with one attached hydrogen (secondary N) is 1. The number of carbonyl (C=O) groups excluding carboxylic acids is 1. The van der Waals surface area contributed by atoms with Crippen LogP contribution < -0.4 is 10.1 Å². The first-order chi connectivity index (χ1) is 12.6. The Kier molecular flexibility index (Phi) is 4.39.